The molecule has 6 aromatic carbocycles. The summed E-state index contributed by atoms with van der Waals surface area (Å²) in [6.45, 7) is 2.19. The van der Waals surface area contributed by atoms with Gasteiger partial charge in [-0.05, 0) is 69.9 Å². The fraction of sp³-hybridized carbons (Fsp3) is 0.0541. The van der Waals surface area contributed by atoms with Gasteiger partial charge >= 0.3 is 0 Å². The predicted molar refractivity (Wildman–Crippen MR) is 167 cm³/mol. The number of aryl methyl sites for hydroxylation is 1. The van der Waals surface area contributed by atoms with E-state index in [9.17, 15) is 0 Å². The lowest BCUT2D eigenvalue weighted by atomic mass is 9.95. The first kappa shape index (κ1) is 22.8. The fourth-order valence-electron chi connectivity index (χ4n) is 6.20. The van der Waals surface area contributed by atoms with Crippen molar-refractivity contribution in [2.45, 2.75) is 13.3 Å². The average molecular weight is 514 g/mol. The van der Waals surface area contributed by atoms with Crippen molar-refractivity contribution < 1.29 is 0 Å². The van der Waals surface area contributed by atoms with Crippen LogP contribution in [0.4, 0.5) is 17.1 Å². The molecule has 190 valence electrons. The van der Waals surface area contributed by atoms with Crippen molar-refractivity contribution in [2.24, 2.45) is 0 Å². The van der Waals surface area contributed by atoms with Gasteiger partial charge in [-0.15, -0.1) is 0 Å². The monoisotopic (exact) mass is 513 g/mol. The van der Waals surface area contributed by atoms with Gasteiger partial charge in [0.15, 0.2) is 0 Å². The minimum absolute atomic E-state index is 0.854. The van der Waals surface area contributed by atoms with Crippen molar-refractivity contribution in [2.75, 3.05) is 4.90 Å². The summed E-state index contributed by atoms with van der Waals surface area (Å²) in [5.41, 5.74) is 11.7. The fourth-order valence-corrected chi connectivity index (χ4v) is 6.20. The summed E-state index contributed by atoms with van der Waals surface area (Å²) in [7, 11) is 0. The van der Waals surface area contributed by atoms with Crippen molar-refractivity contribution in [1.29, 1.82) is 0 Å². The van der Waals surface area contributed by atoms with Gasteiger partial charge in [0.05, 0.1) is 28.1 Å². The molecule has 0 N–H and O–H groups in total. The highest BCUT2D eigenvalue weighted by atomic mass is 15.2. The molecular formula is C37H27N3. The molecule has 0 saturated carbocycles. The van der Waals surface area contributed by atoms with Gasteiger partial charge < -0.3 is 4.90 Å². The van der Waals surface area contributed by atoms with Crippen LogP contribution in [-0.4, -0.2) is 9.55 Å². The number of anilines is 3. The molecule has 3 nitrogen and oxygen atoms in total. The van der Waals surface area contributed by atoms with Crippen molar-refractivity contribution in [3.63, 3.8) is 0 Å². The second kappa shape index (κ2) is 8.96. The molecule has 0 radical (unpaired) electrons. The van der Waals surface area contributed by atoms with Crippen LogP contribution in [0.15, 0.2) is 133 Å². The van der Waals surface area contributed by atoms with Gasteiger partial charge in [-0.3, -0.25) is 4.57 Å². The SMILES string of the molecule is CCc1nc2cccc3c2n1-c1c(-c2ccc4cc(-c5ccccc5)ccc4c2)cccc1N3c1ccccc1. The summed E-state index contributed by atoms with van der Waals surface area (Å²) in [5.74, 6) is 1.08. The predicted octanol–water partition coefficient (Wildman–Crippen LogP) is 9.86. The Balaban J connectivity index is 1.37. The molecule has 0 fully saturated rings. The molecule has 1 aliphatic heterocycles. The topological polar surface area (TPSA) is 21.1 Å². The van der Waals surface area contributed by atoms with Gasteiger partial charge in [-0.25, -0.2) is 4.98 Å². The number of aromatic nitrogens is 2. The van der Waals surface area contributed by atoms with Crippen LogP contribution in [0.1, 0.15) is 12.7 Å². The van der Waals surface area contributed by atoms with E-state index in [0.29, 0.717) is 0 Å². The van der Waals surface area contributed by atoms with Crippen molar-refractivity contribution in [1.82, 2.24) is 9.55 Å². The molecule has 7 aromatic rings. The zero-order valence-corrected chi connectivity index (χ0v) is 22.3. The smallest absolute Gasteiger partial charge is 0.114 e. The number of para-hydroxylation sites is 3. The van der Waals surface area contributed by atoms with Crippen molar-refractivity contribution in [3.8, 4) is 27.9 Å². The van der Waals surface area contributed by atoms with Crippen LogP contribution in [0.2, 0.25) is 0 Å². The zero-order valence-electron chi connectivity index (χ0n) is 22.3. The molecule has 0 spiro atoms. The largest absolute Gasteiger partial charge is 0.306 e. The quantitative estimate of drug-likeness (QED) is 0.233. The lowest BCUT2D eigenvalue weighted by Crippen LogP contribution is -2.19. The summed E-state index contributed by atoms with van der Waals surface area (Å²) in [5, 5.41) is 2.47. The minimum Gasteiger partial charge on any atom is -0.306 e. The Morgan fingerprint density at radius 1 is 0.575 bits per heavy atom. The highest BCUT2D eigenvalue weighted by Crippen LogP contribution is 2.50. The van der Waals surface area contributed by atoms with Crippen LogP contribution in [-0.2, 0) is 6.42 Å². The minimum atomic E-state index is 0.854. The highest BCUT2D eigenvalue weighted by Gasteiger charge is 2.30. The lowest BCUT2D eigenvalue weighted by Gasteiger charge is -2.34. The summed E-state index contributed by atoms with van der Waals surface area (Å²) in [4.78, 5) is 7.47. The van der Waals surface area contributed by atoms with Crippen LogP contribution < -0.4 is 4.90 Å². The van der Waals surface area contributed by atoms with E-state index in [1.54, 1.807) is 0 Å². The first-order valence-corrected chi connectivity index (χ1v) is 13.9. The molecule has 3 heteroatoms. The Kier molecular flexibility index (Phi) is 5.11. The maximum Gasteiger partial charge on any atom is 0.114 e. The molecule has 0 saturated heterocycles. The van der Waals surface area contributed by atoms with Crippen LogP contribution in [0.3, 0.4) is 0 Å². The van der Waals surface area contributed by atoms with E-state index in [4.69, 9.17) is 4.98 Å². The summed E-state index contributed by atoms with van der Waals surface area (Å²) in [6.07, 6.45) is 0.854. The summed E-state index contributed by atoms with van der Waals surface area (Å²) in [6, 6.07) is 48.0. The average Bonchev–Trinajstić information content (AvgIpc) is 3.41. The number of benzene rings is 6. The number of imidazole rings is 1. The lowest BCUT2D eigenvalue weighted by molar-refractivity contribution is 0.901. The van der Waals surface area contributed by atoms with E-state index >= 15 is 0 Å². The molecule has 1 aromatic heterocycles. The number of hydrogen-bond donors (Lipinski definition) is 0. The van der Waals surface area contributed by atoms with Gasteiger partial charge in [0.25, 0.3) is 0 Å². The molecule has 0 aliphatic carbocycles. The van der Waals surface area contributed by atoms with Gasteiger partial charge in [0.2, 0.25) is 0 Å². The Labute approximate surface area is 233 Å². The van der Waals surface area contributed by atoms with Gasteiger partial charge in [0, 0.05) is 17.7 Å². The Bertz CT molecular complexity index is 2040. The second-order valence-electron chi connectivity index (χ2n) is 10.3. The first-order valence-electron chi connectivity index (χ1n) is 13.9. The molecule has 0 amide bonds. The third-order valence-electron chi connectivity index (χ3n) is 8.03. The first-order chi connectivity index (χ1) is 19.8. The molecule has 40 heavy (non-hydrogen) atoms. The second-order valence-corrected chi connectivity index (χ2v) is 10.3. The maximum absolute atomic E-state index is 5.09. The number of hydrogen-bond acceptors (Lipinski definition) is 2. The number of fused-ring (bicyclic) bond motifs is 3. The molecule has 0 atom stereocenters. The Morgan fingerprint density at radius 3 is 2.02 bits per heavy atom. The van der Waals surface area contributed by atoms with Gasteiger partial charge in [0.1, 0.15) is 5.82 Å². The Hall–Kier alpha value is -5.15. The van der Waals surface area contributed by atoms with E-state index in [2.05, 4.69) is 150 Å². The molecule has 1 aliphatic rings. The molecule has 0 bridgehead atoms. The van der Waals surface area contributed by atoms with E-state index in [1.807, 2.05) is 0 Å². The standard InChI is InChI=1S/C37H27N3/c1-2-35-38-32-16-10-18-34-37(32)40(35)36-31(15-9-17-33(36)39(34)30-13-7-4-8-14-30)29-22-21-27-23-26(19-20-28(27)24-29)25-11-5-3-6-12-25/h3-24H,2H2,1H3. The van der Waals surface area contributed by atoms with E-state index in [0.717, 1.165) is 40.3 Å². The third-order valence-corrected chi connectivity index (χ3v) is 8.03. The van der Waals surface area contributed by atoms with E-state index in [1.165, 1.54) is 38.7 Å². The van der Waals surface area contributed by atoms with E-state index in [-0.39, 0.29) is 0 Å². The summed E-state index contributed by atoms with van der Waals surface area (Å²) < 4.78 is 2.40. The zero-order chi connectivity index (χ0) is 26.6. The molecule has 2 heterocycles. The molecule has 0 unspecified atom stereocenters. The van der Waals surface area contributed by atoms with Crippen LogP contribution >= 0.6 is 0 Å². The Morgan fingerprint density at radius 2 is 1.25 bits per heavy atom. The van der Waals surface area contributed by atoms with Crippen molar-refractivity contribution in [3.05, 3.63) is 139 Å². The van der Waals surface area contributed by atoms with Crippen LogP contribution in [0.5, 0.6) is 0 Å². The normalized spacial score (nSPS) is 12.2. The maximum atomic E-state index is 5.09. The van der Waals surface area contributed by atoms with Gasteiger partial charge in [-0.1, -0.05) is 97.9 Å². The van der Waals surface area contributed by atoms with E-state index < -0.39 is 0 Å². The molecule has 8 rings (SSSR count). The van der Waals surface area contributed by atoms with Crippen LogP contribution in [0.25, 0.3) is 49.7 Å². The number of rotatable bonds is 4. The van der Waals surface area contributed by atoms with Gasteiger partial charge in [-0.2, -0.15) is 0 Å². The van der Waals surface area contributed by atoms with Crippen molar-refractivity contribution >= 4 is 38.9 Å². The molecular weight excluding hydrogens is 486 g/mol. The third kappa shape index (κ3) is 3.41. The summed E-state index contributed by atoms with van der Waals surface area (Å²) >= 11 is 0. The van der Waals surface area contributed by atoms with Crippen LogP contribution in [0, 0.1) is 0 Å². The highest BCUT2D eigenvalue weighted by molar-refractivity contribution is 6.04. The number of nitrogens with zero attached hydrogens (tertiary/aromatic N) is 3.